The lowest BCUT2D eigenvalue weighted by molar-refractivity contribution is -0.0123. The normalized spacial score (nSPS) is 28.9. The van der Waals surface area contributed by atoms with Crippen molar-refractivity contribution in [2.24, 2.45) is 5.92 Å². The number of fused-ring (bicyclic) bond motifs is 1. The van der Waals surface area contributed by atoms with Gasteiger partial charge in [-0.2, -0.15) is 4.98 Å². The van der Waals surface area contributed by atoms with E-state index in [-0.39, 0.29) is 6.10 Å². The molecule has 6 heteroatoms. The molecule has 2 fully saturated rings. The molecule has 3 atom stereocenters. The van der Waals surface area contributed by atoms with Crippen LogP contribution in [0.15, 0.2) is 16.7 Å². The SMILES string of the molecule is Cc1nc([C@@H]2C[C@@H]3CCN(Cc4ccc(C)s4)C[C@H]3O2)no1. The highest BCUT2D eigenvalue weighted by Crippen LogP contribution is 2.40. The molecule has 0 saturated carbocycles. The van der Waals surface area contributed by atoms with Gasteiger partial charge in [0, 0.05) is 29.8 Å². The molecule has 5 nitrogen and oxygen atoms in total. The minimum absolute atomic E-state index is 0.0105. The molecular weight excluding hydrogens is 298 g/mol. The van der Waals surface area contributed by atoms with Crippen LogP contribution >= 0.6 is 11.3 Å². The molecule has 0 unspecified atom stereocenters. The number of nitrogens with zero attached hydrogens (tertiary/aromatic N) is 3. The minimum Gasteiger partial charge on any atom is -0.365 e. The van der Waals surface area contributed by atoms with E-state index in [4.69, 9.17) is 9.26 Å². The van der Waals surface area contributed by atoms with Crippen LogP contribution in [0.25, 0.3) is 0 Å². The summed E-state index contributed by atoms with van der Waals surface area (Å²) in [7, 11) is 0. The van der Waals surface area contributed by atoms with Crippen molar-refractivity contribution in [2.45, 2.75) is 45.4 Å². The van der Waals surface area contributed by atoms with E-state index in [2.05, 4.69) is 34.1 Å². The summed E-state index contributed by atoms with van der Waals surface area (Å²) in [4.78, 5) is 9.66. The van der Waals surface area contributed by atoms with Crippen LogP contribution in [0.1, 0.15) is 40.4 Å². The third kappa shape index (κ3) is 2.83. The lowest BCUT2D eigenvalue weighted by atomic mass is 9.91. The van der Waals surface area contributed by atoms with Gasteiger partial charge in [0.2, 0.25) is 11.7 Å². The summed E-state index contributed by atoms with van der Waals surface area (Å²) in [6, 6.07) is 4.44. The van der Waals surface area contributed by atoms with Crippen molar-refractivity contribution in [3.8, 4) is 0 Å². The maximum atomic E-state index is 6.21. The van der Waals surface area contributed by atoms with Gasteiger partial charge >= 0.3 is 0 Å². The topological polar surface area (TPSA) is 51.4 Å². The first-order chi connectivity index (χ1) is 10.7. The van der Waals surface area contributed by atoms with Crippen molar-refractivity contribution < 1.29 is 9.26 Å². The van der Waals surface area contributed by atoms with E-state index < -0.39 is 0 Å². The highest BCUT2D eigenvalue weighted by molar-refractivity contribution is 7.11. The first kappa shape index (κ1) is 14.4. The number of hydrogen-bond donors (Lipinski definition) is 0. The second-order valence-electron chi connectivity index (χ2n) is 6.37. The van der Waals surface area contributed by atoms with Crippen LogP contribution in [0.3, 0.4) is 0 Å². The number of thiophene rings is 1. The minimum atomic E-state index is 0.0105. The Bertz CT molecular complexity index is 653. The first-order valence-corrected chi connectivity index (χ1v) is 8.72. The highest BCUT2D eigenvalue weighted by Gasteiger charge is 2.41. The standard InChI is InChI=1S/C16H21N3O2S/c1-10-3-4-13(22-10)8-19-6-5-12-7-14(20-15(12)9-19)16-17-11(2)21-18-16/h3-4,12,14-15H,5-9H2,1-2H3/t12-,14-,15+/m0/s1. The molecule has 0 bridgehead atoms. The largest absolute Gasteiger partial charge is 0.365 e. The number of likely N-dealkylation sites (tertiary alicyclic amines) is 1. The van der Waals surface area contributed by atoms with Gasteiger partial charge in [0.15, 0.2) is 0 Å². The summed E-state index contributed by atoms with van der Waals surface area (Å²) >= 11 is 1.89. The predicted molar refractivity (Wildman–Crippen MR) is 83.7 cm³/mol. The molecular formula is C16H21N3O2S. The van der Waals surface area contributed by atoms with Crippen molar-refractivity contribution >= 4 is 11.3 Å². The molecule has 2 aliphatic rings. The van der Waals surface area contributed by atoms with Gasteiger partial charge in [-0.1, -0.05) is 5.16 Å². The van der Waals surface area contributed by atoms with Crippen LogP contribution in [0, 0.1) is 19.8 Å². The number of rotatable bonds is 3. The maximum Gasteiger partial charge on any atom is 0.223 e. The average molecular weight is 319 g/mol. The lowest BCUT2D eigenvalue weighted by Gasteiger charge is -2.33. The van der Waals surface area contributed by atoms with Crippen molar-refractivity contribution in [1.29, 1.82) is 0 Å². The van der Waals surface area contributed by atoms with Gasteiger partial charge in [-0.3, -0.25) is 4.90 Å². The third-order valence-corrected chi connectivity index (χ3v) is 5.63. The van der Waals surface area contributed by atoms with Crippen molar-refractivity contribution in [2.75, 3.05) is 13.1 Å². The fourth-order valence-electron chi connectivity index (χ4n) is 3.54. The summed E-state index contributed by atoms with van der Waals surface area (Å²) in [6.45, 7) is 7.19. The summed E-state index contributed by atoms with van der Waals surface area (Å²) in [6.07, 6.45) is 2.53. The van der Waals surface area contributed by atoms with E-state index in [1.165, 1.54) is 16.2 Å². The van der Waals surface area contributed by atoms with Crippen molar-refractivity contribution in [3.05, 3.63) is 33.6 Å². The molecule has 4 heterocycles. The fourth-order valence-corrected chi connectivity index (χ4v) is 4.47. The molecule has 0 aromatic carbocycles. The summed E-state index contributed by atoms with van der Waals surface area (Å²) in [5.41, 5.74) is 0. The fraction of sp³-hybridized carbons (Fsp3) is 0.625. The van der Waals surface area contributed by atoms with E-state index in [0.717, 1.165) is 26.1 Å². The molecule has 0 radical (unpaired) electrons. The zero-order chi connectivity index (χ0) is 15.1. The molecule has 22 heavy (non-hydrogen) atoms. The van der Waals surface area contributed by atoms with Gasteiger partial charge in [0.05, 0.1) is 6.10 Å². The summed E-state index contributed by atoms with van der Waals surface area (Å²) in [5.74, 6) is 1.96. The van der Waals surface area contributed by atoms with E-state index in [1.807, 2.05) is 18.3 Å². The molecule has 0 spiro atoms. The van der Waals surface area contributed by atoms with Crippen LogP contribution in [0.5, 0.6) is 0 Å². The smallest absolute Gasteiger partial charge is 0.223 e. The van der Waals surface area contributed by atoms with Gasteiger partial charge < -0.3 is 9.26 Å². The second kappa shape index (κ2) is 5.76. The first-order valence-electron chi connectivity index (χ1n) is 7.91. The quantitative estimate of drug-likeness (QED) is 0.870. The molecule has 118 valence electrons. The molecule has 4 rings (SSSR count). The predicted octanol–water partition coefficient (Wildman–Crippen LogP) is 3.10. The van der Waals surface area contributed by atoms with E-state index in [1.54, 1.807) is 0 Å². The Morgan fingerprint density at radius 1 is 1.36 bits per heavy atom. The second-order valence-corrected chi connectivity index (χ2v) is 7.74. The van der Waals surface area contributed by atoms with E-state index in [9.17, 15) is 0 Å². The molecule has 2 saturated heterocycles. The van der Waals surface area contributed by atoms with Gasteiger partial charge in [-0.15, -0.1) is 11.3 Å². The monoisotopic (exact) mass is 319 g/mol. The van der Waals surface area contributed by atoms with Crippen LogP contribution in [-0.2, 0) is 11.3 Å². The average Bonchev–Trinajstić information content (AvgIpc) is 3.18. The van der Waals surface area contributed by atoms with Gasteiger partial charge in [0.1, 0.15) is 6.10 Å². The van der Waals surface area contributed by atoms with Crippen LogP contribution < -0.4 is 0 Å². The Morgan fingerprint density at radius 2 is 2.27 bits per heavy atom. The Morgan fingerprint density at radius 3 is 3.00 bits per heavy atom. The molecule has 0 N–H and O–H groups in total. The van der Waals surface area contributed by atoms with Crippen LogP contribution in [0.2, 0.25) is 0 Å². The number of hydrogen-bond acceptors (Lipinski definition) is 6. The lowest BCUT2D eigenvalue weighted by Crippen LogP contribution is -2.41. The zero-order valence-corrected chi connectivity index (χ0v) is 13.8. The van der Waals surface area contributed by atoms with Gasteiger partial charge in [-0.25, -0.2) is 0 Å². The zero-order valence-electron chi connectivity index (χ0n) is 13.0. The molecule has 0 aliphatic carbocycles. The van der Waals surface area contributed by atoms with E-state index in [0.29, 0.717) is 23.7 Å². The van der Waals surface area contributed by atoms with Crippen LogP contribution in [0.4, 0.5) is 0 Å². The Balaban J connectivity index is 1.39. The molecule has 2 aromatic rings. The Labute approximate surface area is 134 Å². The number of piperidine rings is 1. The summed E-state index contributed by atoms with van der Waals surface area (Å²) in [5, 5.41) is 4.02. The number of aryl methyl sites for hydroxylation is 2. The van der Waals surface area contributed by atoms with Gasteiger partial charge in [-0.05, 0) is 44.4 Å². The maximum absolute atomic E-state index is 6.21. The Hall–Kier alpha value is -1.24. The molecule has 2 aromatic heterocycles. The molecule has 0 amide bonds. The number of ether oxygens (including phenoxy) is 1. The third-order valence-electron chi connectivity index (χ3n) is 4.64. The van der Waals surface area contributed by atoms with Gasteiger partial charge in [0.25, 0.3) is 0 Å². The highest BCUT2D eigenvalue weighted by atomic mass is 32.1. The number of aromatic nitrogens is 2. The van der Waals surface area contributed by atoms with Crippen molar-refractivity contribution in [3.63, 3.8) is 0 Å². The Kier molecular flexibility index (Phi) is 3.76. The van der Waals surface area contributed by atoms with Crippen molar-refractivity contribution in [1.82, 2.24) is 15.0 Å². The summed E-state index contributed by atoms with van der Waals surface area (Å²) < 4.78 is 11.3. The van der Waals surface area contributed by atoms with Crippen LogP contribution in [-0.4, -0.2) is 34.2 Å². The molecule has 2 aliphatic heterocycles. The van der Waals surface area contributed by atoms with E-state index >= 15 is 0 Å².